The van der Waals surface area contributed by atoms with Gasteiger partial charge in [0.2, 0.25) is 11.8 Å². The Morgan fingerprint density at radius 2 is 0.857 bits per heavy atom. The molecule has 49 heavy (non-hydrogen) atoms. The van der Waals surface area contributed by atoms with Crippen LogP contribution in [-0.2, 0) is 12.8 Å². The van der Waals surface area contributed by atoms with E-state index < -0.39 is 11.9 Å². The lowest BCUT2D eigenvalue weighted by Gasteiger charge is -2.06. The van der Waals surface area contributed by atoms with Crippen molar-refractivity contribution >= 4 is 11.9 Å². The largest absolute Gasteiger partial charge is 0.423 e. The van der Waals surface area contributed by atoms with Gasteiger partial charge in [-0.1, -0.05) is 89.5 Å². The van der Waals surface area contributed by atoms with Crippen LogP contribution in [0.5, 0.6) is 11.5 Å². The molecule has 0 radical (unpaired) electrons. The lowest BCUT2D eigenvalue weighted by molar-refractivity contribution is 0.0725. The number of hydrogen-bond acceptors (Lipinski definition) is 7. The molecule has 7 nitrogen and oxygen atoms in total. The molecule has 0 bridgehead atoms. The number of aryl methyl sites for hydroxylation is 2. The molecule has 0 atom stereocenters. The van der Waals surface area contributed by atoms with Gasteiger partial charge in [-0.3, -0.25) is 0 Å². The predicted molar refractivity (Wildman–Crippen MR) is 193 cm³/mol. The van der Waals surface area contributed by atoms with E-state index in [0.717, 1.165) is 25.7 Å². The molecule has 0 saturated carbocycles. The average molecular weight is 659 g/mol. The van der Waals surface area contributed by atoms with Crippen LogP contribution in [0.15, 0.2) is 101 Å². The average Bonchev–Trinajstić information content (AvgIpc) is 3.63. The summed E-state index contributed by atoms with van der Waals surface area (Å²) in [5, 5.41) is 8.37. The van der Waals surface area contributed by atoms with E-state index in [9.17, 15) is 9.59 Å². The summed E-state index contributed by atoms with van der Waals surface area (Å²) < 4.78 is 17.1. The van der Waals surface area contributed by atoms with Crippen LogP contribution >= 0.6 is 0 Å². The van der Waals surface area contributed by atoms with Gasteiger partial charge in [0, 0.05) is 11.1 Å². The molecular weight excluding hydrogens is 612 g/mol. The number of esters is 2. The molecule has 1 heterocycles. The highest BCUT2D eigenvalue weighted by Crippen LogP contribution is 2.27. The number of ether oxygens (including phenoxy) is 2. The highest BCUT2D eigenvalue weighted by molar-refractivity contribution is 5.91. The van der Waals surface area contributed by atoms with Gasteiger partial charge in [0.1, 0.15) is 11.5 Å². The number of carbonyl (C=O) groups excluding carboxylic acids is 2. The van der Waals surface area contributed by atoms with E-state index in [1.807, 2.05) is 48.5 Å². The van der Waals surface area contributed by atoms with Gasteiger partial charge in [-0.25, -0.2) is 9.59 Å². The summed E-state index contributed by atoms with van der Waals surface area (Å²) in [6.07, 6.45) is 14.4. The van der Waals surface area contributed by atoms with Crippen molar-refractivity contribution in [1.29, 1.82) is 0 Å². The van der Waals surface area contributed by atoms with Gasteiger partial charge >= 0.3 is 11.9 Å². The smallest absolute Gasteiger partial charge is 0.343 e. The van der Waals surface area contributed by atoms with Gasteiger partial charge in [-0.2, -0.15) is 0 Å². The summed E-state index contributed by atoms with van der Waals surface area (Å²) in [5.74, 6) is 0.701. The Balaban J connectivity index is 1.10. The third-order valence-corrected chi connectivity index (χ3v) is 8.57. The Hall–Kier alpha value is -5.04. The van der Waals surface area contributed by atoms with Gasteiger partial charge in [-0.15, -0.1) is 10.2 Å². The zero-order valence-electron chi connectivity index (χ0n) is 28.7. The standard InChI is InChI=1S/C42H46N2O5/c1-3-5-7-9-11-13-31-15-19-35(20-16-31)41(45)47-37-27-23-33(24-28-37)39-43-44-40(49-39)34-25-29-38(30-26-34)48-42(46)36-21-17-32(18-22-36)14-12-10-8-6-4-2/h15-30H,3-14H2,1-2H3. The predicted octanol–water partition coefficient (Wildman–Crippen LogP) is 10.9. The second-order valence-electron chi connectivity index (χ2n) is 12.5. The summed E-state index contributed by atoms with van der Waals surface area (Å²) >= 11 is 0. The van der Waals surface area contributed by atoms with Crippen LogP contribution in [0.25, 0.3) is 22.9 Å². The summed E-state index contributed by atoms with van der Waals surface area (Å²) in [4.78, 5) is 25.4. The number of hydrogen-bond donors (Lipinski definition) is 0. The van der Waals surface area contributed by atoms with E-state index >= 15 is 0 Å². The van der Waals surface area contributed by atoms with Crippen molar-refractivity contribution in [1.82, 2.24) is 10.2 Å². The summed E-state index contributed by atoms with van der Waals surface area (Å²) in [5.41, 5.74) is 4.87. The van der Waals surface area contributed by atoms with Crippen LogP contribution in [0.2, 0.25) is 0 Å². The maximum atomic E-state index is 12.7. The molecule has 0 N–H and O–H groups in total. The van der Waals surface area contributed by atoms with Crippen molar-refractivity contribution in [3.05, 3.63) is 119 Å². The number of nitrogens with zero attached hydrogens (tertiary/aromatic N) is 2. The van der Waals surface area contributed by atoms with Crippen LogP contribution in [-0.4, -0.2) is 22.1 Å². The summed E-state index contributed by atoms with van der Waals surface area (Å²) in [6.45, 7) is 4.44. The second kappa shape index (κ2) is 18.5. The number of unbranched alkanes of at least 4 members (excludes halogenated alkanes) is 8. The van der Waals surface area contributed by atoms with E-state index in [0.29, 0.717) is 45.5 Å². The van der Waals surface area contributed by atoms with E-state index in [-0.39, 0.29) is 0 Å². The molecule has 5 rings (SSSR count). The lowest BCUT2D eigenvalue weighted by Crippen LogP contribution is -2.08. The fraction of sp³-hybridized carbons (Fsp3) is 0.333. The third-order valence-electron chi connectivity index (χ3n) is 8.57. The summed E-state index contributed by atoms with van der Waals surface area (Å²) in [6, 6.07) is 29.2. The van der Waals surface area contributed by atoms with E-state index in [4.69, 9.17) is 13.9 Å². The van der Waals surface area contributed by atoms with E-state index in [1.54, 1.807) is 48.5 Å². The molecule has 5 aromatic rings. The first-order valence-electron chi connectivity index (χ1n) is 17.7. The number of rotatable bonds is 18. The lowest BCUT2D eigenvalue weighted by atomic mass is 10.0. The molecule has 0 aliphatic heterocycles. The number of carbonyl (C=O) groups is 2. The van der Waals surface area contributed by atoms with Crippen molar-refractivity contribution in [3.8, 4) is 34.4 Å². The number of benzene rings is 4. The normalized spacial score (nSPS) is 11.0. The van der Waals surface area contributed by atoms with Gasteiger partial charge in [0.05, 0.1) is 11.1 Å². The maximum Gasteiger partial charge on any atom is 0.343 e. The molecule has 7 heteroatoms. The Bertz CT molecular complexity index is 1610. The van der Waals surface area contributed by atoms with Crippen molar-refractivity contribution in [3.63, 3.8) is 0 Å². The molecule has 254 valence electrons. The maximum absolute atomic E-state index is 12.7. The molecule has 0 fully saturated rings. The topological polar surface area (TPSA) is 91.5 Å². The molecular formula is C42H46N2O5. The van der Waals surface area contributed by atoms with Crippen molar-refractivity contribution in [2.75, 3.05) is 0 Å². The van der Waals surface area contributed by atoms with Crippen LogP contribution in [0.3, 0.4) is 0 Å². The first-order valence-corrected chi connectivity index (χ1v) is 17.7. The van der Waals surface area contributed by atoms with Crippen LogP contribution in [0, 0.1) is 0 Å². The highest BCUT2D eigenvalue weighted by atomic mass is 16.5. The van der Waals surface area contributed by atoms with E-state index in [2.05, 4.69) is 24.0 Å². The minimum absolute atomic E-state index is 0.332. The molecule has 0 spiro atoms. The fourth-order valence-corrected chi connectivity index (χ4v) is 5.60. The Kier molecular flexibility index (Phi) is 13.3. The molecule has 0 aliphatic rings. The van der Waals surface area contributed by atoms with Crippen molar-refractivity contribution in [2.24, 2.45) is 0 Å². The first-order chi connectivity index (χ1) is 24.0. The zero-order valence-corrected chi connectivity index (χ0v) is 28.7. The first kappa shape index (κ1) is 35.3. The second-order valence-corrected chi connectivity index (χ2v) is 12.5. The van der Waals surface area contributed by atoms with Crippen molar-refractivity contribution in [2.45, 2.75) is 90.9 Å². The fourth-order valence-electron chi connectivity index (χ4n) is 5.60. The Morgan fingerprint density at radius 3 is 1.22 bits per heavy atom. The Labute approximate surface area is 289 Å². The van der Waals surface area contributed by atoms with Crippen LogP contribution < -0.4 is 9.47 Å². The Morgan fingerprint density at radius 1 is 0.490 bits per heavy atom. The highest BCUT2D eigenvalue weighted by Gasteiger charge is 2.14. The third kappa shape index (κ3) is 10.7. The quantitative estimate of drug-likeness (QED) is 0.0525. The minimum atomic E-state index is -0.405. The zero-order chi connectivity index (χ0) is 34.3. The SMILES string of the molecule is CCCCCCCc1ccc(C(=O)Oc2ccc(-c3nnc(-c4ccc(OC(=O)c5ccc(CCCCCCC)cc5)cc4)o3)cc2)cc1. The van der Waals surface area contributed by atoms with Crippen molar-refractivity contribution < 1.29 is 23.5 Å². The molecule has 0 unspecified atom stereocenters. The van der Waals surface area contributed by atoms with E-state index in [1.165, 1.54) is 62.5 Å². The van der Waals surface area contributed by atoms with Gasteiger partial charge < -0.3 is 13.9 Å². The van der Waals surface area contributed by atoms with Gasteiger partial charge in [0.25, 0.3) is 0 Å². The van der Waals surface area contributed by atoms with Crippen LogP contribution in [0.1, 0.15) is 110 Å². The molecule has 0 saturated heterocycles. The molecule has 1 aromatic heterocycles. The minimum Gasteiger partial charge on any atom is -0.423 e. The number of aromatic nitrogens is 2. The summed E-state index contributed by atoms with van der Waals surface area (Å²) in [7, 11) is 0. The molecule has 4 aromatic carbocycles. The molecule has 0 amide bonds. The van der Waals surface area contributed by atoms with Gasteiger partial charge in [0.15, 0.2) is 0 Å². The van der Waals surface area contributed by atoms with Gasteiger partial charge in [-0.05, 0) is 110 Å². The molecule has 0 aliphatic carbocycles. The monoisotopic (exact) mass is 658 g/mol. The van der Waals surface area contributed by atoms with Crippen LogP contribution in [0.4, 0.5) is 0 Å².